The molecule has 0 radical (unpaired) electrons. The fraction of sp³-hybridized carbons (Fsp3) is 1.00. The molecule has 0 amide bonds. The van der Waals surface area contributed by atoms with Gasteiger partial charge in [0.15, 0.2) is 12.6 Å². The van der Waals surface area contributed by atoms with E-state index in [1.54, 1.807) is 0 Å². The summed E-state index contributed by atoms with van der Waals surface area (Å²) in [6.45, 7) is -0.644. The van der Waals surface area contributed by atoms with Crippen LogP contribution in [0.15, 0.2) is 0 Å². The topological polar surface area (TPSA) is 262 Å². The lowest BCUT2D eigenvalue weighted by atomic mass is 9.97. The lowest BCUT2D eigenvalue weighted by molar-refractivity contribution is -0.355. The highest BCUT2D eigenvalue weighted by Crippen LogP contribution is 2.32. The van der Waals surface area contributed by atoms with Crippen molar-refractivity contribution in [1.29, 1.82) is 0 Å². The lowest BCUT2D eigenvalue weighted by Gasteiger charge is -2.47. The van der Waals surface area contributed by atoms with Crippen LogP contribution in [-0.4, -0.2) is 159 Å². The van der Waals surface area contributed by atoms with Gasteiger partial charge in [0.05, 0.1) is 25.9 Å². The molecule has 0 saturated carbocycles. The minimum atomic E-state index is -5.07. The molecule has 3 heterocycles. The second-order valence-electron chi connectivity index (χ2n) is 8.69. The van der Waals surface area contributed by atoms with Gasteiger partial charge in [0.25, 0.3) is 10.1 Å². The predicted molar refractivity (Wildman–Crippen MR) is 108 cm³/mol. The summed E-state index contributed by atoms with van der Waals surface area (Å²) in [4.78, 5) is 0. The van der Waals surface area contributed by atoms with E-state index < -0.39 is 108 Å². The zero-order chi connectivity index (χ0) is 26.2. The molecule has 206 valence electrons. The molecule has 0 aromatic heterocycles. The van der Waals surface area contributed by atoms with Crippen molar-refractivity contribution < 1.29 is 77.5 Å². The van der Waals surface area contributed by atoms with Crippen molar-refractivity contribution in [3.8, 4) is 0 Å². The van der Waals surface area contributed by atoms with E-state index >= 15 is 0 Å². The lowest BCUT2D eigenvalue weighted by Crippen LogP contribution is -2.66. The molecule has 16 nitrogen and oxygen atoms in total. The Morgan fingerprint density at radius 3 is 1.91 bits per heavy atom. The van der Waals surface area contributed by atoms with E-state index in [0.717, 1.165) is 0 Å². The van der Waals surface area contributed by atoms with E-state index in [0.29, 0.717) is 0 Å². The molecule has 0 spiro atoms. The van der Waals surface area contributed by atoms with Gasteiger partial charge in [-0.2, -0.15) is 8.42 Å². The molecule has 35 heavy (non-hydrogen) atoms. The Kier molecular flexibility index (Phi) is 9.45. The third-order valence-corrected chi connectivity index (χ3v) is 7.53. The van der Waals surface area contributed by atoms with Gasteiger partial charge < -0.3 is 64.5 Å². The maximum Gasteiger partial charge on any atom is 0.273 e. The highest BCUT2D eigenvalue weighted by atomic mass is 32.2. The van der Waals surface area contributed by atoms with Crippen LogP contribution < -0.4 is 0 Å². The summed E-state index contributed by atoms with van der Waals surface area (Å²) in [5.74, 6) is 0. The van der Waals surface area contributed by atoms with Crippen LogP contribution in [0.3, 0.4) is 0 Å². The van der Waals surface area contributed by atoms with Gasteiger partial charge in [0.1, 0.15) is 66.3 Å². The van der Waals surface area contributed by atoms with E-state index in [1.807, 2.05) is 0 Å². The smallest absolute Gasteiger partial charge is 0.273 e. The molecule has 3 saturated heterocycles. The summed E-state index contributed by atoms with van der Waals surface area (Å²) < 4.78 is 60.1. The van der Waals surface area contributed by atoms with Gasteiger partial charge in [-0.3, -0.25) is 4.55 Å². The third kappa shape index (κ3) is 5.95. The average Bonchev–Trinajstić information content (AvgIpc) is 2.78. The first kappa shape index (κ1) is 29.0. The highest BCUT2D eigenvalue weighted by Gasteiger charge is 2.54. The Labute approximate surface area is 199 Å². The molecule has 0 aliphatic carbocycles. The summed E-state index contributed by atoms with van der Waals surface area (Å²) >= 11 is 0. The summed E-state index contributed by atoms with van der Waals surface area (Å²) in [6.07, 6.45) is -21.0. The minimum absolute atomic E-state index is 0.390. The van der Waals surface area contributed by atoms with Gasteiger partial charge in [0.2, 0.25) is 0 Å². The van der Waals surface area contributed by atoms with E-state index in [4.69, 9.17) is 23.7 Å². The molecular formula is C18H32O16S. The van der Waals surface area contributed by atoms with Crippen LogP contribution in [0.1, 0.15) is 6.92 Å². The molecule has 0 aromatic rings. The Balaban J connectivity index is 1.86. The maximum absolute atomic E-state index is 11.8. The maximum atomic E-state index is 11.8. The van der Waals surface area contributed by atoms with Gasteiger partial charge >= 0.3 is 0 Å². The summed E-state index contributed by atoms with van der Waals surface area (Å²) in [5.41, 5.74) is 0. The molecule has 14 unspecified atom stereocenters. The van der Waals surface area contributed by atoms with E-state index in [1.165, 1.54) is 6.92 Å². The van der Waals surface area contributed by atoms with Crippen molar-refractivity contribution in [1.82, 2.24) is 0 Å². The first-order chi connectivity index (χ1) is 16.3. The Morgan fingerprint density at radius 1 is 0.771 bits per heavy atom. The number of hydrogen-bond acceptors (Lipinski definition) is 15. The van der Waals surface area contributed by atoms with Crippen LogP contribution in [0, 0.1) is 0 Å². The monoisotopic (exact) mass is 536 g/mol. The van der Waals surface area contributed by atoms with Crippen LogP contribution in [0.25, 0.3) is 0 Å². The third-order valence-electron chi connectivity index (χ3n) is 6.29. The van der Waals surface area contributed by atoms with Gasteiger partial charge in [-0.25, -0.2) is 0 Å². The second-order valence-corrected chi connectivity index (χ2v) is 10.3. The zero-order valence-corrected chi connectivity index (χ0v) is 19.3. The molecule has 3 fully saturated rings. The minimum Gasteiger partial charge on any atom is -0.394 e. The van der Waals surface area contributed by atoms with Gasteiger partial charge in [-0.15, -0.1) is 0 Å². The largest absolute Gasteiger partial charge is 0.394 e. The van der Waals surface area contributed by atoms with Crippen molar-refractivity contribution in [2.24, 2.45) is 0 Å². The molecule has 3 aliphatic rings. The van der Waals surface area contributed by atoms with E-state index in [-0.39, 0.29) is 6.61 Å². The van der Waals surface area contributed by atoms with Crippen molar-refractivity contribution >= 4 is 10.1 Å². The number of aliphatic hydroxyl groups is 8. The Bertz CT molecular complexity index is 797. The van der Waals surface area contributed by atoms with Crippen molar-refractivity contribution in [3.63, 3.8) is 0 Å². The normalized spacial score (nSPS) is 49.7. The van der Waals surface area contributed by atoms with Crippen LogP contribution in [0.4, 0.5) is 0 Å². The fourth-order valence-corrected chi connectivity index (χ4v) is 5.29. The first-order valence-corrected chi connectivity index (χ1v) is 12.3. The van der Waals surface area contributed by atoms with Crippen molar-refractivity contribution in [2.45, 2.75) is 91.9 Å². The van der Waals surface area contributed by atoms with Crippen molar-refractivity contribution in [3.05, 3.63) is 0 Å². The quantitative estimate of drug-likeness (QED) is 0.137. The number of rotatable bonds is 7. The molecule has 3 aliphatic heterocycles. The van der Waals surface area contributed by atoms with Gasteiger partial charge in [-0.05, 0) is 6.92 Å². The molecule has 0 aromatic carbocycles. The second kappa shape index (κ2) is 11.4. The predicted octanol–water partition coefficient (Wildman–Crippen LogP) is -5.97. The molecule has 17 heteroatoms. The highest BCUT2D eigenvalue weighted by molar-refractivity contribution is 7.86. The zero-order valence-electron chi connectivity index (χ0n) is 18.5. The molecule has 0 bridgehead atoms. The van der Waals surface area contributed by atoms with E-state index in [2.05, 4.69) is 0 Å². The first-order valence-electron chi connectivity index (χ1n) is 10.8. The Morgan fingerprint density at radius 2 is 1.34 bits per heavy atom. The SMILES string of the molecule is CC1OC(OC2C(O)COC(CO)C2OC2OC(CO)C(O)C(S(=O)(=O)O)C2O)C(O)C(O)C1O. The number of hydrogen-bond donors (Lipinski definition) is 9. The number of ether oxygens (including phenoxy) is 5. The fourth-order valence-electron chi connectivity index (χ4n) is 4.29. The van der Waals surface area contributed by atoms with Crippen LogP contribution in [0.2, 0.25) is 0 Å². The summed E-state index contributed by atoms with van der Waals surface area (Å²) in [6, 6.07) is 0. The number of aliphatic hydroxyl groups excluding tert-OH is 8. The van der Waals surface area contributed by atoms with Crippen LogP contribution in [0.5, 0.6) is 0 Å². The van der Waals surface area contributed by atoms with Crippen LogP contribution >= 0.6 is 0 Å². The standard InChI is InChI=1S/C18H32O16S/c1-5-9(22)11(24)12(25)17(31-5)33-14-6(21)4-30-8(3-20)15(14)34-18-13(26)16(35(27,28)29)10(23)7(2-19)32-18/h5-26H,2-4H2,1H3,(H,27,28,29). The Hall–Kier alpha value is -0.610. The molecule has 14 atom stereocenters. The van der Waals surface area contributed by atoms with Crippen LogP contribution in [-0.2, 0) is 33.8 Å². The average molecular weight is 537 g/mol. The summed E-state index contributed by atoms with van der Waals surface area (Å²) in [7, 11) is -5.07. The molecule has 3 rings (SSSR count). The van der Waals surface area contributed by atoms with Gasteiger partial charge in [0, 0.05) is 0 Å². The molecule has 9 N–H and O–H groups in total. The van der Waals surface area contributed by atoms with E-state index in [9.17, 15) is 53.8 Å². The summed E-state index contributed by atoms with van der Waals surface area (Å²) in [5, 5.41) is 78.2. The van der Waals surface area contributed by atoms with Gasteiger partial charge in [-0.1, -0.05) is 0 Å². The molecular weight excluding hydrogens is 504 g/mol. The van der Waals surface area contributed by atoms with Crippen molar-refractivity contribution in [2.75, 3.05) is 19.8 Å².